The molecule has 0 spiro atoms. The van der Waals surface area contributed by atoms with Crippen molar-refractivity contribution in [3.05, 3.63) is 46.0 Å². The van der Waals surface area contributed by atoms with Crippen LogP contribution in [0, 0.1) is 12.3 Å². The van der Waals surface area contributed by atoms with E-state index in [1.165, 1.54) is 5.57 Å². The molecule has 0 nitrogen and oxygen atoms in total. The number of terminal acetylenes is 1. The summed E-state index contributed by atoms with van der Waals surface area (Å²) in [4.78, 5) is 0. The predicted octanol–water partition coefficient (Wildman–Crippen LogP) is 3.83. The maximum absolute atomic E-state index is 5.85. The zero-order valence-corrected chi connectivity index (χ0v) is 9.23. The van der Waals surface area contributed by atoms with Crippen LogP contribution >= 0.6 is 11.6 Å². The van der Waals surface area contributed by atoms with Gasteiger partial charge < -0.3 is 0 Å². The van der Waals surface area contributed by atoms with Crippen molar-refractivity contribution >= 4 is 11.6 Å². The molecule has 0 radical (unpaired) electrons. The monoisotopic (exact) mass is 204 g/mol. The normalized spacial score (nSPS) is 9.29. The molecule has 0 aliphatic carbocycles. The summed E-state index contributed by atoms with van der Waals surface area (Å²) in [5, 5.41) is 0.693. The predicted molar refractivity (Wildman–Crippen MR) is 62.5 cm³/mol. The number of rotatable bonds is 2. The molecule has 0 amide bonds. The van der Waals surface area contributed by atoms with Crippen molar-refractivity contribution in [3.63, 3.8) is 0 Å². The Morgan fingerprint density at radius 1 is 1.50 bits per heavy atom. The van der Waals surface area contributed by atoms with Gasteiger partial charge in [0.2, 0.25) is 0 Å². The number of halogens is 1. The second-order valence-electron chi connectivity index (χ2n) is 3.43. The van der Waals surface area contributed by atoms with Crippen molar-refractivity contribution < 1.29 is 0 Å². The highest BCUT2D eigenvalue weighted by Gasteiger charge is 1.99. The molecule has 1 aromatic carbocycles. The molecule has 0 aromatic heterocycles. The fourth-order valence-corrected chi connectivity index (χ4v) is 1.35. The second-order valence-corrected chi connectivity index (χ2v) is 3.87. The van der Waals surface area contributed by atoms with Gasteiger partial charge in [0, 0.05) is 10.6 Å². The van der Waals surface area contributed by atoms with Crippen LogP contribution in [-0.4, -0.2) is 0 Å². The first-order valence-corrected chi connectivity index (χ1v) is 4.89. The lowest BCUT2D eigenvalue weighted by Gasteiger charge is -2.02. The molecule has 0 N–H and O–H groups in total. The van der Waals surface area contributed by atoms with Crippen molar-refractivity contribution in [2.24, 2.45) is 0 Å². The maximum Gasteiger partial charge on any atom is 0.0418 e. The third-order valence-corrected chi connectivity index (χ3v) is 2.19. The van der Waals surface area contributed by atoms with E-state index >= 15 is 0 Å². The van der Waals surface area contributed by atoms with Gasteiger partial charge in [0.05, 0.1) is 0 Å². The smallest absolute Gasteiger partial charge is 0.0418 e. The topological polar surface area (TPSA) is 0 Å². The van der Waals surface area contributed by atoms with Gasteiger partial charge in [-0.15, -0.1) is 6.42 Å². The Morgan fingerprint density at radius 3 is 2.79 bits per heavy atom. The minimum atomic E-state index is 0.693. The SMILES string of the molecule is C#Cc1cc(Cl)ccc1CC=C(C)C. The summed E-state index contributed by atoms with van der Waals surface area (Å²) in [6, 6.07) is 5.68. The van der Waals surface area contributed by atoms with Crippen molar-refractivity contribution in [3.8, 4) is 12.3 Å². The molecule has 0 saturated carbocycles. The van der Waals surface area contributed by atoms with E-state index in [2.05, 4.69) is 25.8 Å². The third kappa shape index (κ3) is 2.94. The van der Waals surface area contributed by atoms with Crippen molar-refractivity contribution in [1.82, 2.24) is 0 Å². The molecule has 0 heterocycles. The average Bonchev–Trinajstić information content (AvgIpc) is 2.15. The molecule has 0 bridgehead atoms. The summed E-state index contributed by atoms with van der Waals surface area (Å²) in [7, 11) is 0. The van der Waals surface area contributed by atoms with Crippen LogP contribution in [0.3, 0.4) is 0 Å². The number of hydrogen-bond acceptors (Lipinski definition) is 0. The fourth-order valence-electron chi connectivity index (χ4n) is 1.18. The van der Waals surface area contributed by atoms with E-state index in [1.807, 2.05) is 18.2 Å². The van der Waals surface area contributed by atoms with Crippen LogP contribution < -0.4 is 0 Å². The van der Waals surface area contributed by atoms with Gasteiger partial charge in [-0.25, -0.2) is 0 Å². The van der Waals surface area contributed by atoms with Gasteiger partial charge in [-0.2, -0.15) is 0 Å². The molecule has 14 heavy (non-hydrogen) atoms. The minimum absolute atomic E-state index is 0.693. The minimum Gasteiger partial charge on any atom is -0.115 e. The molecular weight excluding hydrogens is 192 g/mol. The lowest BCUT2D eigenvalue weighted by molar-refractivity contribution is 1.20. The van der Waals surface area contributed by atoms with Crippen LogP contribution in [-0.2, 0) is 6.42 Å². The van der Waals surface area contributed by atoms with Gasteiger partial charge >= 0.3 is 0 Å². The zero-order chi connectivity index (χ0) is 10.6. The Bertz CT molecular complexity index is 390. The number of hydrogen-bond donors (Lipinski definition) is 0. The molecule has 72 valence electrons. The zero-order valence-electron chi connectivity index (χ0n) is 8.47. The van der Waals surface area contributed by atoms with Crippen LogP contribution in [0.5, 0.6) is 0 Å². The van der Waals surface area contributed by atoms with Crippen LogP contribution in [0.15, 0.2) is 29.8 Å². The summed E-state index contributed by atoms with van der Waals surface area (Å²) in [5.74, 6) is 2.65. The van der Waals surface area contributed by atoms with E-state index in [9.17, 15) is 0 Å². The highest BCUT2D eigenvalue weighted by Crippen LogP contribution is 2.16. The van der Waals surface area contributed by atoms with E-state index < -0.39 is 0 Å². The molecule has 1 aromatic rings. The van der Waals surface area contributed by atoms with Gasteiger partial charge in [0.15, 0.2) is 0 Å². The molecular formula is C13H13Cl. The first kappa shape index (κ1) is 10.9. The summed E-state index contributed by atoms with van der Waals surface area (Å²) < 4.78 is 0. The van der Waals surface area contributed by atoms with Crippen LogP contribution in [0.25, 0.3) is 0 Å². The largest absolute Gasteiger partial charge is 0.115 e. The fraction of sp³-hybridized carbons (Fsp3) is 0.231. The van der Waals surface area contributed by atoms with E-state index in [-0.39, 0.29) is 0 Å². The van der Waals surface area contributed by atoms with Crippen LogP contribution in [0.1, 0.15) is 25.0 Å². The third-order valence-electron chi connectivity index (χ3n) is 1.96. The molecule has 0 saturated heterocycles. The molecule has 0 atom stereocenters. The number of benzene rings is 1. The number of allylic oxidation sites excluding steroid dienone is 2. The van der Waals surface area contributed by atoms with E-state index in [1.54, 1.807) is 0 Å². The Balaban J connectivity index is 2.98. The van der Waals surface area contributed by atoms with Gasteiger partial charge in [-0.05, 0) is 38.0 Å². The van der Waals surface area contributed by atoms with Crippen molar-refractivity contribution in [1.29, 1.82) is 0 Å². The van der Waals surface area contributed by atoms with Gasteiger partial charge in [-0.1, -0.05) is 35.2 Å². The Morgan fingerprint density at radius 2 is 2.21 bits per heavy atom. The van der Waals surface area contributed by atoms with Gasteiger partial charge in [0.1, 0.15) is 0 Å². The molecule has 1 heteroatoms. The Labute approximate surface area is 90.6 Å². The second kappa shape index (κ2) is 4.88. The standard InChI is InChI=1S/C13H13Cl/c1-4-11-9-13(14)8-7-12(11)6-5-10(2)3/h1,5,7-9H,6H2,2-3H3. The summed E-state index contributed by atoms with van der Waals surface area (Å²) >= 11 is 5.85. The molecule has 0 aliphatic heterocycles. The summed E-state index contributed by atoms with van der Waals surface area (Å²) in [6.45, 7) is 4.15. The van der Waals surface area contributed by atoms with E-state index in [0.29, 0.717) is 5.02 Å². The molecule has 0 fully saturated rings. The highest BCUT2D eigenvalue weighted by molar-refractivity contribution is 6.30. The molecule has 1 rings (SSSR count). The van der Waals surface area contributed by atoms with Crippen LogP contribution in [0.2, 0.25) is 5.02 Å². The maximum atomic E-state index is 5.85. The van der Waals surface area contributed by atoms with Crippen molar-refractivity contribution in [2.75, 3.05) is 0 Å². The molecule has 0 unspecified atom stereocenters. The first-order valence-electron chi connectivity index (χ1n) is 4.52. The lowest BCUT2D eigenvalue weighted by Crippen LogP contribution is -1.88. The quantitative estimate of drug-likeness (QED) is 0.508. The Kier molecular flexibility index (Phi) is 3.80. The Hall–Kier alpha value is -1.19. The van der Waals surface area contributed by atoms with E-state index in [4.69, 9.17) is 18.0 Å². The van der Waals surface area contributed by atoms with Gasteiger partial charge in [0.25, 0.3) is 0 Å². The van der Waals surface area contributed by atoms with Crippen LogP contribution in [0.4, 0.5) is 0 Å². The van der Waals surface area contributed by atoms with Gasteiger partial charge in [-0.3, -0.25) is 0 Å². The van der Waals surface area contributed by atoms with E-state index in [0.717, 1.165) is 17.5 Å². The average molecular weight is 205 g/mol. The summed E-state index contributed by atoms with van der Waals surface area (Å²) in [6.07, 6.45) is 8.43. The van der Waals surface area contributed by atoms with Crippen molar-refractivity contribution in [2.45, 2.75) is 20.3 Å². The molecule has 0 aliphatic rings. The summed E-state index contributed by atoms with van der Waals surface area (Å²) in [5.41, 5.74) is 3.33. The first-order chi connectivity index (χ1) is 6.63. The highest BCUT2D eigenvalue weighted by atomic mass is 35.5. The lowest BCUT2D eigenvalue weighted by atomic mass is 10.0.